The van der Waals surface area contributed by atoms with Crippen LogP contribution in [0.4, 0.5) is 0 Å². The third-order valence-corrected chi connectivity index (χ3v) is 5.52. The summed E-state index contributed by atoms with van der Waals surface area (Å²) in [5.74, 6) is 0. The lowest BCUT2D eigenvalue weighted by atomic mass is 9.98. The van der Waals surface area contributed by atoms with Gasteiger partial charge in [-0.05, 0) is 44.9 Å². The number of hydrogen-bond donors (Lipinski definition) is 1. The predicted molar refractivity (Wildman–Crippen MR) is 73.8 cm³/mol. The number of halogens is 1. The van der Waals surface area contributed by atoms with Crippen LogP contribution in [-0.2, 0) is 6.54 Å². The molecule has 2 atom stereocenters. The van der Waals surface area contributed by atoms with Crippen molar-refractivity contribution in [3.05, 3.63) is 21.3 Å². The van der Waals surface area contributed by atoms with Gasteiger partial charge in [-0.3, -0.25) is 0 Å². The van der Waals surface area contributed by atoms with Crippen molar-refractivity contribution >= 4 is 22.9 Å². The van der Waals surface area contributed by atoms with E-state index >= 15 is 0 Å². The van der Waals surface area contributed by atoms with Crippen molar-refractivity contribution < 1.29 is 0 Å². The minimum atomic E-state index is 0.699. The second kappa shape index (κ2) is 4.88. The van der Waals surface area contributed by atoms with E-state index in [-0.39, 0.29) is 0 Å². The van der Waals surface area contributed by atoms with E-state index in [0.717, 1.165) is 23.0 Å². The molecule has 17 heavy (non-hydrogen) atoms. The fourth-order valence-electron chi connectivity index (χ4n) is 3.27. The third-order valence-electron chi connectivity index (χ3n) is 4.29. The van der Waals surface area contributed by atoms with Crippen LogP contribution in [0.2, 0.25) is 4.34 Å². The van der Waals surface area contributed by atoms with Crippen LogP contribution in [0, 0.1) is 0 Å². The summed E-state index contributed by atoms with van der Waals surface area (Å²) in [6.07, 6.45) is 5.41. The second-order valence-electron chi connectivity index (χ2n) is 5.31. The van der Waals surface area contributed by atoms with Gasteiger partial charge in [-0.25, -0.2) is 0 Å². The van der Waals surface area contributed by atoms with E-state index in [1.54, 1.807) is 11.3 Å². The Morgan fingerprint density at radius 1 is 1.35 bits per heavy atom. The van der Waals surface area contributed by atoms with Crippen molar-refractivity contribution in [1.82, 2.24) is 10.2 Å². The fraction of sp³-hybridized carbons (Fsp3) is 0.692. The summed E-state index contributed by atoms with van der Waals surface area (Å²) in [6, 6.07) is 6.45. The number of piperidine rings is 1. The Morgan fingerprint density at radius 2 is 2.06 bits per heavy atom. The van der Waals surface area contributed by atoms with E-state index in [4.69, 9.17) is 11.6 Å². The van der Waals surface area contributed by atoms with E-state index in [9.17, 15) is 0 Å². The van der Waals surface area contributed by atoms with Crippen LogP contribution in [0.5, 0.6) is 0 Å². The van der Waals surface area contributed by atoms with Gasteiger partial charge in [0.25, 0.3) is 0 Å². The van der Waals surface area contributed by atoms with Gasteiger partial charge >= 0.3 is 0 Å². The van der Waals surface area contributed by atoms with Crippen molar-refractivity contribution in [2.24, 2.45) is 0 Å². The van der Waals surface area contributed by atoms with Gasteiger partial charge in [-0.2, -0.15) is 0 Å². The van der Waals surface area contributed by atoms with Gasteiger partial charge in [-0.1, -0.05) is 11.6 Å². The number of thiophene rings is 1. The Morgan fingerprint density at radius 3 is 2.65 bits per heavy atom. The van der Waals surface area contributed by atoms with Crippen LogP contribution in [0.1, 0.15) is 30.6 Å². The van der Waals surface area contributed by atoms with E-state index in [2.05, 4.69) is 23.3 Å². The molecule has 2 bridgehead atoms. The van der Waals surface area contributed by atoms with Crippen molar-refractivity contribution in [3.63, 3.8) is 0 Å². The molecule has 0 saturated carbocycles. The molecule has 2 fully saturated rings. The highest BCUT2D eigenvalue weighted by atomic mass is 35.5. The molecule has 0 radical (unpaired) electrons. The summed E-state index contributed by atoms with van der Waals surface area (Å²) in [5, 5.41) is 3.70. The molecular formula is C13H19ClN2S. The zero-order valence-electron chi connectivity index (χ0n) is 10.2. The first-order valence-electron chi connectivity index (χ1n) is 6.42. The smallest absolute Gasteiger partial charge is 0.0931 e. The Labute approximate surface area is 112 Å². The van der Waals surface area contributed by atoms with Gasteiger partial charge < -0.3 is 10.2 Å². The van der Waals surface area contributed by atoms with Gasteiger partial charge in [0.05, 0.1) is 4.34 Å². The van der Waals surface area contributed by atoms with Crippen LogP contribution >= 0.6 is 22.9 Å². The molecule has 2 nitrogen and oxygen atoms in total. The quantitative estimate of drug-likeness (QED) is 0.908. The molecule has 0 aromatic carbocycles. The number of fused-ring (bicyclic) bond motifs is 2. The summed E-state index contributed by atoms with van der Waals surface area (Å²) in [5.41, 5.74) is 0. The average molecular weight is 271 g/mol. The number of rotatable bonds is 3. The highest BCUT2D eigenvalue weighted by Gasteiger charge is 2.37. The molecular weight excluding hydrogens is 252 g/mol. The highest BCUT2D eigenvalue weighted by molar-refractivity contribution is 7.16. The summed E-state index contributed by atoms with van der Waals surface area (Å²) in [7, 11) is 2.29. The molecule has 1 aromatic heterocycles. The van der Waals surface area contributed by atoms with Gasteiger partial charge in [-0.15, -0.1) is 11.3 Å². The van der Waals surface area contributed by atoms with Crippen LogP contribution in [0.3, 0.4) is 0 Å². The number of nitrogens with one attached hydrogen (secondary N) is 1. The molecule has 2 aliphatic heterocycles. The molecule has 94 valence electrons. The van der Waals surface area contributed by atoms with Crippen LogP contribution in [0.25, 0.3) is 0 Å². The molecule has 0 aliphatic carbocycles. The topological polar surface area (TPSA) is 15.3 Å². The summed E-state index contributed by atoms with van der Waals surface area (Å²) < 4.78 is 0.894. The van der Waals surface area contributed by atoms with Gasteiger partial charge in [0, 0.05) is 29.5 Å². The first-order valence-corrected chi connectivity index (χ1v) is 7.61. The largest absolute Gasteiger partial charge is 0.309 e. The minimum Gasteiger partial charge on any atom is -0.309 e. The molecule has 2 unspecified atom stereocenters. The summed E-state index contributed by atoms with van der Waals surface area (Å²) in [6.45, 7) is 0.977. The lowest BCUT2D eigenvalue weighted by Crippen LogP contribution is -2.46. The molecule has 0 spiro atoms. The molecule has 1 aromatic rings. The van der Waals surface area contributed by atoms with Crippen LogP contribution < -0.4 is 5.32 Å². The molecule has 3 rings (SSSR count). The lowest BCUT2D eigenvalue weighted by molar-refractivity contribution is 0.148. The average Bonchev–Trinajstić information content (AvgIpc) is 2.78. The Hall–Kier alpha value is -0.0900. The maximum Gasteiger partial charge on any atom is 0.0931 e. The first-order chi connectivity index (χ1) is 8.22. The lowest BCUT2D eigenvalue weighted by Gasteiger charge is -2.36. The molecule has 2 saturated heterocycles. The SMILES string of the molecule is CN1C2CCC1CC(NCc1ccc(Cl)s1)C2. The normalized spacial score (nSPS) is 33.2. The predicted octanol–water partition coefficient (Wildman–Crippen LogP) is 3.12. The summed E-state index contributed by atoms with van der Waals surface area (Å²) >= 11 is 7.63. The number of nitrogens with zero attached hydrogens (tertiary/aromatic N) is 1. The molecule has 2 aliphatic rings. The number of hydrogen-bond acceptors (Lipinski definition) is 3. The van der Waals surface area contributed by atoms with E-state index in [1.165, 1.54) is 30.6 Å². The third kappa shape index (κ3) is 2.53. The Balaban J connectivity index is 1.54. The zero-order chi connectivity index (χ0) is 11.8. The summed E-state index contributed by atoms with van der Waals surface area (Å²) in [4.78, 5) is 3.93. The highest BCUT2D eigenvalue weighted by Crippen LogP contribution is 2.34. The zero-order valence-corrected chi connectivity index (χ0v) is 11.7. The van der Waals surface area contributed by atoms with Gasteiger partial charge in [0.15, 0.2) is 0 Å². The molecule has 3 heterocycles. The standard InChI is InChI=1S/C13H19ClN2S/c1-16-10-2-3-11(16)7-9(6-10)15-8-12-4-5-13(14)17-12/h4-5,9-11,15H,2-3,6-8H2,1H3. The Kier molecular flexibility index (Phi) is 3.44. The van der Waals surface area contributed by atoms with Crippen molar-refractivity contribution in [2.45, 2.75) is 50.4 Å². The molecule has 0 amide bonds. The van der Waals surface area contributed by atoms with Crippen molar-refractivity contribution in [2.75, 3.05) is 7.05 Å². The van der Waals surface area contributed by atoms with Crippen molar-refractivity contribution in [1.29, 1.82) is 0 Å². The van der Waals surface area contributed by atoms with Gasteiger partial charge in [0.1, 0.15) is 0 Å². The van der Waals surface area contributed by atoms with E-state index in [0.29, 0.717) is 6.04 Å². The van der Waals surface area contributed by atoms with E-state index < -0.39 is 0 Å². The second-order valence-corrected chi connectivity index (χ2v) is 7.11. The maximum atomic E-state index is 5.94. The van der Waals surface area contributed by atoms with Crippen LogP contribution in [-0.4, -0.2) is 30.1 Å². The first kappa shape index (κ1) is 12.0. The van der Waals surface area contributed by atoms with E-state index in [1.807, 2.05) is 6.07 Å². The molecule has 4 heteroatoms. The fourth-order valence-corrected chi connectivity index (χ4v) is 4.31. The maximum absolute atomic E-state index is 5.94. The van der Waals surface area contributed by atoms with Crippen LogP contribution in [0.15, 0.2) is 12.1 Å². The monoisotopic (exact) mass is 270 g/mol. The molecule has 1 N–H and O–H groups in total. The minimum absolute atomic E-state index is 0.699. The Bertz CT molecular complexity index is 379. The van der Waals surface area contributed by atoms with Gasteiger partial charge in [0.2, 0.25) is 0 Å². The van der Waals surface area contributed by atoms with Crippen molar-refractivity contribution in [3.8, 4) is 0 Å².